The molecule has 0 saturated carbocycles. The summed E-state index contributed by atoms with van der Waals surface area (Å²) in [5, 5.41) is 2.59. The quantitative estimate of drug-likeness (QED) is 0.174. The van der Waals surface area contributed by atoms with Crippen LogP contribution in [0.15, 0.2) is 95.8 Å². The Morgan fingerprint density at radius 3 is 2.39 bits per heavy atom. The fraction of sp³-hybridized carbons (Fsp3) is 0.265. The molecule has 1 atom stereocenters. The molecule has 1 heterocycles. The van der Waals surface area contributed by atoms with Crippen LogP contribution in [0.1, 0.15) is 48.9 Å². The lowest BCUT2D eigenvalue weighted by Crippen LogP contribution is -2.39. The Kier molecular flexibility index (Phi) is 8.75. The van der Waals surface area contributed by atoms with Gasteiger partial charge in [0.1, 0.15) is 11.6 Å². The number of hydrogen-bond acceptors (Lipinski definition) is 5. The highest BCUT2D eigenvalue weighted by molar-refractivity contribution is 5.98. The number of methoxy groups -OCH3 is 1. The lowest BCUT2D eigenvalue weighted by atomic mass is 10.0. The van der Waals surface area contributed by atoms with Gasteiger partial charge in [0.05, 0.1) is 29.2 Å². The largest absolute Gasteiger partial charge is 0.494 e. The maximum Gasteiger partial charge on any atom is 0.266 e. The second kappa shape index (κ2) is 12.8. The van der Waals surface area contributed by atoms with Crippen molar-refractivity contribution in [3.63, 3.8) is 0 Å². The van der Waals surface area contributed by atoms with Gasteiger partial charge in [0.25, 0.3) is 11.5 Å². The van der Waals surface area contributed by atoms with E-state index in [0.29, 0.717) is 60.6 Å². The Morgan fingerprint density at radius 1 is 0.927 bits per heavy atom. The van der Waals surface area contributed by atoms with Crippen molar-refractivity contribution in [2.75, 3.05) is 26.9 Å². The smallest absolute Gasteiger partial charge is 0.266 e. The molecule has 0 bridgehead atoms. The summed E-state index contributed by atoms with van der Waals surface area (Å²) in [5.74, 6) is 1.13. The molecule has 7 heteroatoms. The number of rotatable bonds is 11. The second-order valence-corrected chi connectivity index (χ2v) is 9.89. The van der Waals surface area contributed by atoms with Gasteiger partial charge in [-0.25, -0.2) is 4.98 Å². The standard InChI is InChI=1S/C34H35N3O4/c1-4-31(36(21-10-22-40-3)33(38)26-16-15-24-11-6-7-12-25(24)23-26)32-35-30-14-9-8-13-29(30)34(39)37(32)27-17-19-28(20-18-27)41-5-2/h6-9,11-20,23,31H,4-5,10,21-22H2,1-3H3. The minimum absolute atomic E-state index is 0.112. The number of fused-ring (bicyclic) bond motifs is 2. The molecule has 1 unspecified atom stereocenters. The number of benzene rings is 4. The molecule has 0 saturated heterocycles. The zero-order valence-corrected chi connectivity index (χ0v) is 23.7. The van der Waals surface area contributed by atoms with Gasteiger partial charge in [-0.15, -0.1) is 0 Å². The maximum absolute atomic E-state index is 14.2. The van der Waals surface area contributed by atoms with Gasteiger partial charge in [0, 0.05) is 25.8 Å². The summed E-state index contributed by atoms with van der Waals surface area (Å²) in [7, 11) is 1.65. The van der Waals surface area contributed by atoms with Crippen LogP contribution in [-0.4, -0.2) is 47.2 Å². The predicted molar refractivity (Wildman–Crippen MR) is 163 cm³/mol. The van der Waals surface area contributed by atoms with Crippen molar-refractivity contribution >= 4 is 27.6 Å². The lowest BCUT2D eigenvalue weighted by molar-refractivity contribution is 0.0634. The second-order valence-electron chi connectivity index (χ2n) is 9.89. The molecule has 0 spiro atoms. The van der Waals surface area contributed by atoms with Gasteiger partial charge in [0.15, 0.2) is 0 Å². The van der Waals surface area contributed by atoms with Gasteiger partial charge in [-0.1, -0.05) is 49.4 Å². The van der Waals surface area contributed by atoms with Crippen molar-refractivity contribution < 1.29 is 14.3 Å². The molecule has 0 aliphatic carbocycles. The Morgan fingerprint density at radius 2 is 1.66 bits per heavy atom. The first-order valence-corrected chi connectivity index (χ1v) is 14.1. The highest BCUT2D eigenvalue weighted by Gasteiger charge is 2.29. The highest BCUT2D eigenvalue weighted by atomic mass is 16.5. The normalized spacial score (nSPS) is 12.0. The molecule has 41 heavy (non-hydrogen) atoms. The number of aromatic nitrogens is 2. The van der Waals surface area contributed by atoms with Crippen LogP contribution < -0.4 is 10.3 Å². The summed E-state index contributed by atoms with van der Waals surface area (Å²) in [6.07, 6.45) is 1.21. The molecule has 1 aromatic heterocycles. The molecule has 210 valence electrons. The number of carbonyl (C=O) groups is 1. The topological polar surface area (TPSA) is 73.7 Å². The third kappa shape index (κ3) is 5.86. The molecule has 1 amide bonds. The molecule has 0 aliphatic rings. The minimum Gasteiger partial charge on any atom is -0.494 e. The molecule has 5 aromatic rings. The van der Waals surface area contributed by atoms with Crippen LogP contribution in [0.25, 0.3) is 27.4 Å². The van der Waals surface area contributed by atoms with E-state index in [0.717, 1.165) is 16.5 Å². The summed E-state index contributed by atoms with van der Waals surface area (Å²) < 4.78 is 12.6. The van der Waals surface area contributed by atoms with Crippen LogP contribution in [0, 0.1) is 0 Å². The summed E-state index contributed by atoms with van der Waals surface area (Å²) in [4.78, 5) is 35.1. The molecule has 0 fully saturated rings. The van der Waals surface area contributed by atoms with Crippen LogP contribution in [0.4, 0.5) is 0 Å². The molecule has 0 aliphatic heterocycles. The molecule has 0 radical (unpaired) electrons. The van der Waals surface area contributed by atoms with Crippen molar-refractivity contribution in [2.24, 2.45) is 0 Å². The molecule has 4 aromatic carbocycles. The Hall–Kier alpha value is -4.49. The van der Waals surface area contributed by atoms with E-state index in [9.17, 15) is 9.59 Å². The van der Waals surface area contributed by atoms with E-state index in [-0.39, 0.29) is 11.5 Å². The third-order valence-electron chi connectivity index (χ3n) is 7.27. The van der Waals surface area contributed by atoms with Gasteiger partial charge in [0.2, 0.25) is 0 Å². The number of amides is 1. The Bertz CT molecular complexity index is 1710. The fourth-order valence-corrected chi connectivity index (χ4v) is 5.29. The van der Waals surface area contributed by atoms with Crippen molar-refractivity contribution in [3.8, 4) is 11.4 Å². The molecule has 0 N–H and O–H groups in total. The van der Waals surface area contributed by atoms with E-state index in [2.05, 4.69) is 0 Å². The van der Waals surface area contributed by atoms with E-state index in [4.69, 9.17) is 14.5 Å². The summed E-state index contributed by atoms with van der Waals surface area (Å²) in [6.45, 7) is 5.46. The first-order valence-electron chi connectivity index (χ1n) is 14.1. The van der Waals surface area contributed by atoms with Crippen LogP contribution in [0.2, 0.25) is 0 Å². The average molecular weight is 550 g/mol. The zero-order chi connectivity index (χ0) is 28.8. The van der Waals surface area contributed by atoms with E-state index in [1.165, 1.54) is 0 Å². The van der Waals surface area contributed by atoms with E-state index in [1.54, 1.807) is 17.7 Å². The fourth-order valence-electron chi connectivity index (χ4n) is 5.29. The number of carbonyl (C=O) groups excluding carboxylic acids is 1. The number of para-hydroxylation sites is 1. The lowest BCUT2D eigenvalue weighted by Gasteiger charge is -2.32. The monoisotopic (exact) mass is 549 g/mol. The number of nitrogens with zero attached hydrogens (tertiary/aromatic N) is 3. The van der Waals surface area contributed by atoms with Crippen molar-refractivity contribution in [2.45, 2.75) is 32.7 Å². The Labute approximate surface area is 240 Å². The Balaban J connectivity index is 1.66. The van der Waals surface area contributed by atoms with Crippen LogP contribution in [0.5, 0.6) is 5.75 Å². The minimum atomic E-state index is -0.463. The van der Waals surface area contributed by atoms with Crippen molar-refractivity contribution in [1.82, 2.24) is 14.5 Å². The van der Waals surface area contributed by atoms with E-state index >= 15 is 0 Å². The van der Waals surface area contributed by atoms with Gasteiger partial charge in [-0.3, -0.25) is 14.2 Å². The van der Waals surface area contributed by atoms with Crippen LogP contribution in [0.3, 0.4) is 0 Å². The average Bonchev–Trinajstić information content (AvgIpc) is 3.01. The number of ether oxygens (including phenoxy) is 2. The molecule has 7 nitrogen and oxygen atoms in total. The highest BCUT2D eigenvalue weighted by Crippen LogP contribution is 2.29. The van der Waals surface area contributed by atoms with E-state index in [1.807, 2.05) is 104 Å². The molecule has 5 rings (SSSR count). The first-order chi connectivity index (χ1) is 20.0. The third-order valence-corrected chi connectivity index (χ3v) is 7.27. The van der Waals surface area contributed by atoms with Gasteiger partial charge in [-0.2, -0.15) is 0 Å². The maximum atomic E-state index is 14.2. The van der Waals surface area contributed by atoms with Crippen LogP contribution >= 0.6 is 0 Å². The van der Waals surface area contributed by atoms with Gasteiger partial charge in [-0.05, 0) is 79.1 Å². The van der Waals surface area contributed by atoms with Gasteiger partial charge < -0.3 is 14.4 Å². The van der Waals surface area contributed by atoms with Crippen LogP contribution in [-0.2, 0) is 4.74 Å². The van der Waals surface area contributed by atoms with Crippen molar-refractivity contribution in [3.05, 3.63) is 113 Å². The van der Waals surface area contributed by atoms with E-state index < -0.39 is 6.04 Å². The first kappa shape index (κ1) is 28.1. The SMILES string of the molecule is CCOc1ccc(-n2c(C(CC)N(CCCOC)C(=O)c3ccc4ccccc4c3)nc3ccccc3c2=O)cc1. The molecular formula is C34H35N3O4. The molecular weight excluding hydrogens is 514 g/mol. The predicted octanol–water partition coefficient (Wildman–Crippen LogP) is 6.57. The summed E-state index contributed by atoms with van der Waals surface area (Å²) in [5.41, 5.74) is 1.68. The zero-order valence-electron chi connectivity index (χ0n) is 23.7. The summed E-state index contributed by atoms with van der Waals surface area (Å²) in [6, 6.07) is 28.1. The number of hydrogen-bond donors (Lipinski definition) is 0. The summed E-state index contributed by atoms with van der Waals surface area (Å²) >= 11 is 0. The van der Waals surface area contributed by atoms with Crippen molar-refractivity contribution in [1.29, 1.82) is 0 Å². The van der Waals surface area contributed by atoms with Gasteiger partial charge >= 0.3 is 0 Å².